The fraction of sp³-hybridized carbons (Fsp3) is 0.350. The van der Waals surface area contributed by atoms with Crippen molar-refractivity contribution in [1.29, 1.82) is 0 Å². The first kappa shape index (κ1) is 17.1. The van der Waals surface area contributed by atoms with Gasteiger partial charge in [0.05, 0.1) is 12.5 Å². The van der Waals surface area contributed by atoms with Crippen LogP contribution in [0.4, 0.5) is 0 Å². The maximum Gasteiger partial charge on any atom is 0.311 e. The molecule has 1 N–H and O–H groups in total. The Bertz CT molecular complexity index is 676. The average Bonchev–Trinajstić information content (AvgIpc) is 2.54. The Labute approximate surface area is 137 Å². The second-order valence-corrected chi connectivity index (χ2v) is 5.89. The van der Waals surface area contributed by atoms with Crippen LogP contribution in [-0.4, -0.2) is 17.7 Å². The van der Waals surface area contributed by atoms with E-state index in [4.69, 9.17) is 4.74 Å². The lowest BCUT2D eigenvalue weighted by Crippen LogP contribution is -2.16. The second kappa shape index (κ2) is 7.82. The Morgan fingerprint density at radius 1 is 1.17 bits per heavy atom. The van der Waals surface area contributed by atoms with Crippen molar-refractivity contribution < 1.29 is 14.6 Å². The van der Waals surface area contributed by atoms with Crippen LogP contribution >= 0.6 is 0 Å². The van der Waals surface area contributed by atoms with E-state index in [2.05, 4.69) is 13.0 Å². The zero-order chi connectivity index (χ0) is 16.8. The minimum Gasteiger partial charge on any atom is -0.494 e. The summed E-state index contributed by atoms with van der Waals surface area (Å²) in [7, 11) is 0. The highest BCUT2D eigenvalue weighted by atomic mass is 16.5. The zero-order valence-electron chi connectivity index (χ0n) is 14.0. The van der Waals surface area contributed by atoms with Crippen molar-refractivity contribution >= 4 is 5.97 Å². The molecule has 3 nitrogen and oxygen atoms in total. The Hall–Kier alpha value is -2.29. The number of aliphatic carboxylic acids is 1. The number of carboxylic acid groups (broad SMARTS) is 1. The molecule has 0 aliphatic heterocycles. The normalized spacial score (nSPS) is 12.0. The highest BCUT2D eigenvalue weighted by molar-refractivity contribution is 5.76. The SMILES string of the molecule is CCc1cccc(OCCC(C(=O)O)c2cc(C)ccc2C)c1. The van der Waals surface area contributed by atoms with Crippen molar-refractivity contribution in [3.05, 3.63) is 64.7 Å². The van der Waals surface area contributed by atoms with Gasteiger partial charge in [0.15, 0.2) is 0 Å². The molecular weight excluding hydrogens is 288 g/mol. The summed E-state index contributed by atoms with van der Waals surface area (Å²) in [4.78, 5) is 11.7. The molecule has 1 unspecified atom stereocenters. The molecule has 3 heteroatoms. The smallest absolute Gasteiger partial charge is 0.311 e. The topological polar surface area (TPSA) is 46.5 Å². The van der Waals surface area contributed by atoms with E-state index in [1.54, 1.807) is 0 Å². The molecule has 23 heavy (non-hydrogen) atoms. The summed E-state index contributed by atoms with van der Waals surface area (Å²) in [6.07, 6.45) is 1.41. The number of carbonyl (C=O) groups is 1. The molecule has 0 saturated heterocycles. The summed E-state index contributed by atoms with van der Waals surface area (Å²) < 4.78 is 5.76. The van der Waals surface area contributed by atoms with Crippen molar-refractivity contribution in [3.8, 4) is 5.75 Å². The molecule has 0 aliphatic rings. The van der Waals surface area contributed by atoms with E-state index < -0.39 is 11.9 Å². The van der Waals surface area contributed by atoms with Crippen LogP contribution < -0.4 is 4.74 Å². The first-order valence-electron chi connectivity index (χ1n) is 8.03. The number of carboxylic acids is 1. The first-order chi connectivity index (χ1) is 11.0. The lowest BCUT2D eigenvalue weighted by atomic mass is 9.91. The van der Waals surface area contributed by atoms with Gasteiger partial charge in [-0.05, 0) is 55.5 Å². The maximum atomic E-state index is 11.7. The standard InChI is InChI=1S/C20H24O3/c1-4-16-6-5-7-17(13-16)23-11-10-18(20(21)22)19-12-14(2)8-9-15(19)3/h5-9,12-13,18H,4,10-11H2,1-3H3,(H,21,22). The first-order valence-corrected chi connectivity index (χ1v) is 8.03. The van der Waals surface area contributed by atoms with E-state index in [0.29, 0.717) is 13.0 Å². The van der Waals surface area contributed by atoms with Crippen molar-refractivity contribution in [2.45, 2.75) is 39.5 Å². The van der Waals surface area contributed by atoms with E-state index >= 15 is 0 Å². The Kier molecular flexibility index (Phi) is 5.80. The maximum absolute atomic E-state index is 11.7. The van der Waals surface area contributed by atoms with Crippen LogP contribution in [0.3, 0.4) is 0 Å². The third-order valence-electron chi connectivity index (χ3n) is 4.09. The molecular formula is C20H24O3. The molecule has 2 aromatic rings. The van der Waals surface area contributed by atoms with Crippen LogP contribution in [0.25, 0.3) is 0 Å². The average molecular weight is 312 g/mol. The van der Waals surface area contributed by atoms with Gasteiger partial charge >= 0.3 is 5.97 Å². The molecule has 0 heterocycles. The van der Waals surface area contributed by atoms with Gasteiger partial charge in [0, 0.05) is 0 Å². The van der Waals surface area contributed by atoms with Crippen LogP contribution in [0, 0.1) is 13.8 Å². The number of aryl methyl sites for hydroxylation is 3. The van der Waals surface area contributed by atoms with Gasteiger partial charge in [0.2, 0.25) is 0 Å². The fourth-order valence-electron chi connectivity index (χ4n) is 2.70. The number of hydrogen-bond acceptors (Lipinski definition) is 2. The molecule has 1 atom stereocenters. The quantitative estimate of drug-likeness (QED) is 0.818. The lowest BCUT2D eigenvalue weighted by Gasteiger charge is -2.16. The third-order valence-corrected chi connectivity index (χ3v) is 4.09. The second-order valence-electron chi connectivity index (χ2n) is 5.89. The van der Waals surface area contributed by atoms with Gasteiger partial charge in [0.1, 0.15) is 5.75 Å². The molecule has 0 radical (unpaired) electrons. The summed E-state index contributed by atoms with van der Waals surface area (Å²) in [6, 6.07) is 13.9. The minimum atomic E-state index is -0.801. The van der Waals surface area contributed by atoms with Gasteiger partial charge < -0.3 is 9.84 Å². The van der Waals surface area contributed by atoms with Crippen LogP contribution in [0.5, 0.6) is 5.75 Å². The number of ether oxygens (including phenoxy) is 1. The van der Waals surface area contributed by atoms with Crippen molar-refractivity contribution in [3.63, 3.8) is 0 Å². The summed E-state index contributed by atoms with van der Waals surface area (Å²) >= 11 is 0. The molecule has 122 valence electrons. The Morgan fingerprint density at radius 2 is 1.96 bits per heavy atom. The molecule has 0 bridgehead atoms. The zero-order valence-corrected chi connectivity index (χ0v) is 14.0. The summed E-state index contributed by atoms with van der Waals surface area (Å²) in [5.74, 6) is -0.539. The minimum absolute atomic E-state index is 0.386. The van der Waals surface area contributed by atoms with Crippen LogP contribution in [0.15, 0.2) is 42.5 Å². The monoisotopic (exact) mass is 312 g/mol. The molecule has 2 rings (SSSR count). The molecule has 0 amide bonds. The van der Waals surface area contributed by atoms with Gasteiger partial charge in [0.25, 0.3) is 0 Å². The Balaban J connectivity index is 2.05. The van der Waals surface area contributed by atoms with Crippen molar-refractivity contribution in [2.75, 3.05) is 6.61 Å². The van der Waals surface area contributed by atoms with Gasteiger partial charge in [-0.3, -0.25) is 4.79 Å². The molecule has 2 aromatic carbocycles. The van der Waals surface area contributed by atoms with E-state index in [-0.39, 0.29) is 0 Å². The van der Waals surface area contributed by atoms with Crippen LogP contribution in [0.2, 0.25) is 0 Å². The van der Waals surface area contributed by atoms with Gasteiger partial charge in [-0.25, -0.2) is 0 Å². The predicted octanol–water partition coefficient (Wildman–Crippen LogP) is 4.50. The van der Waals surface area contributed by atoms with Gasteiger partial charge in [-0.2, -0.15) is 0 Å². The molecule has 0 aromatic heterocycles. The molecule has 0 spiro atoms. The van der Waals surface area contributed by atoms with E-state index in [1.165, 1.54) is 5.56 Å². The molecule has 0 saturated carbocycles. The van der Waals surface area contributed by atoms with Crippen molar-refractivity contribution in [2.24, 2.45) is 0 Å². The Morgan fingerprint density at radius 3 is 2.65 bits per heavy atom. The highest BCUT2D eigenvalue weighted by Crippen LogP contribution is 2.25. The largest absolute Gasteiger partial charge is 0.494 e. The van der Waals surface area contributed by atoms with Crippen LogP contribution in [-0.2, 0) is 11.2 Å². The summed E-state index contributed by atoms with van der Waals surface area (Å²) in [6.45, 7) is 6.42. The summed E-state index contributed by atoms with van der Waals surface area (Å²) in [5.41, 5.74) is 4.18. The van der Waals surface area contributed by atoms with Gasteiger partial charge in [-0.15, -0.1) is 0 Å². The predicted molar refractivity (Wildman–Crippen MR) is 92.2 cm³/mol. The molecule has 0 fully saturated rings. The molecule has 0 aliphatic carbocycles. The summed E-state index contributed by atoms with van der Waals surface area (Å²) in [5, 5.41) is 9.57. The van der Waals surface area contributed by atoms with Crippen molar-refractivity contribution in [1.82, 2.24) is 0 Å². The van der Waals surface area contributed by atoms with E-state index in [0.717, 1.165) is 28.9 Å². The highest BCUT2D eigenvalue weighted by Gasteiger charge is 2.21. The fourth-order valence-corrected chi connectivity index (χ4v) is 2.70. The van der Waals surface area contributed by atoms with E-state index in [1.807, 2.05) is 50.2 Å². The van der Waals surface area contributed by atoms with Gasteiger partial charge in [-0.1, -0.05) is 42.8 Å². The number of benzene rings is 2. The lowest BCUT2D eigenvalue weighted by molar-refractivity contribution is -0.139. The van der Waals surface area contributed by atoms with Crippen LogP contribution in [0.1, 0.15) is 41.5 Å². The number of rotatable bonds is 7. The number of hydrogen-bond donors (Lipinski definition) is 1. The third kappa shape index (κ3) is 4.59. The van der Waals surface area contributed by atoms with E-state index in [9.17, 15) is 9.90 Å².